The minimum Gasteiger partial charge on any atom is -0.497 e. The van der Waals surface area contributed by atoms with Crippen molar-refractivity contribution < 1.29 is 17.9 Å². The van der Waals surface area contributed by atoms with Gasteiger partial charge in [0.15, 0.2) is 0 Å². The highest BCUT2D eigenvalue weighted by molar-refractivity contribution is 7.90. The van der Waals surface area contributed by atoms with Crippen molar-refractivity contribution in [1.82, 2.24) is 0 Å². The molecule has 5 nitrogen and oxygen atoms in total. The van der Waals surface area contributed by atoms with Crippen LogP contribution < -0.4 is 15.2 Å². The summed E-state index contributed by atoms with van der Waals surface area (Å²) in [6.07, 6.45) is 1.56. The fraction of sp³-hybridized carbons (Fsp3) is 0.500. The molecule has 0 radical (unpaired) electrons. The standard InChI is InChI=1S/C12H19NO4S/c1-16-9-4-5-10(12(8-9)17-2)11(13)6-7-18(3,14)15/h4-5,8,11H,6-7,13H2,1-3H3. The van der Waals surface area contributed by atoms with Gasteiger partial charge in [0.1, 0.15) is 21.3 Å². The Kier molecular flexibility index (Phi) is 4.98. The first kappa shape index (κ1) is 14.8. The maximum atomic E-state index is 11.1. The molecule has 2 N–H and O–H groups in total. The van der Waals surface area contributed by atoms with Crippen molar-refractivity contribution in [3.05, 3.63) is 23.8 Å². The molecule has 0 aromatic heterocycles. The van der Waals surface area contributed by atoms with Gasteiger partial charge in [-0.05, 0) is 12.5 Å². The SMILES string of the molecule is COc1ccc(C(N)CCS(C)(=O)=O)c(OC)c1. The van der Waals surface area contributed by atoms with Gasteiger partial charge in [0.25, 0.3) is 0 Å². The molecule has 0 aliphatic carbocycles. The number of sulfone groups is 1. The van der Waals surface area contributed by atoms with E-state index in [2.05, 4.69) is 0 Å². The summed E-state index contributed by atoms with van der Waals surface area (Å²) in [5, 5.41) is 0. The van der Waals surface area contributed by atoms with Crippen molar-refractivity contribution in [2.75, 3.05) is 26.2 Å². The van der Waals surface area contributed by atoms with Gasteiger partial charge in [-0.3, -0.25) is 0 Å². The molecule has 0 bridgehead atoms. The molecule has 0 saturated heterocycles. The number of benzene rings is 1. The molecular formula is C12H19NO4S. The summed E-state index contributed by atoms with van der Waals surface area (Å²) >= 11 is 0. The van der Waals surface area contributed by atoms with E-state index in [1.165, 1.54) is 6.26 Å². The fourth-order valence-electron chi connectivity index (χ4n) is 1.62. The summed E-state index contributed by atoms with van der Waals surface area (Å²) in [5.41, 5.74) is 6.76. The second kappa shape index (κ2) is 6.06. The first-order valence-corrected chi connectivity index (χ1v) is 7.58. The summed E-state index contributed by atoms with van der Waals surface area (Å²) in [6.45, 7) is 0. The third-order valence-electron chi connectivity index (χ3n) is 2.64. The monoisotopic (exact) mass is 273 g/mol. The number of methoxy groups -OCH3 is 2. The van der Waals surface area contributed by atoms with E-state index >= 15 is 0 Å². The second-order valence-corrected chi connectivity index (χ2v) is 6.39. The lowest BCUT2D eigenvalue weighted by molar-refractivity contribution is 0.388. The zero-order chi connectivity index (χ0) is 13.8. The summed E-state index contributed by atoms with van der Waals surface area (Å²) in [4.78, 5) is 0. The van der Waals surface area contributed by atoms with Gasteiger partial charge < -0.3 is 15.2 Å². The minimum absolute atomic E-state index is 0.0589. The van der Waals surface area contributed by atoms with Crippen LogP contribution in [0.5, 0.6) is 11.5 Å². The van der Waals surface area contributed by atoms with Gasteiger partial charge in [0, 0.05) is 23.9 Å². The van der Waals surface area contributed by atoms with E-state index in [4.69, 9.17) is 15.2 Å². The first-order valence-electron chi connectivity index (χ1n) is 5.52. The summed E-state index contributed by atoms with van der Waals surface area (Å²) in [5.74, 6) is 1.34. The van der Waals surface area contributed by atoms with E-state index in [0.717, 1.165) is 5.56 Å². The van der Waals surface area contributed by atoms with Crippen molar-refractivity contribution in [3.63, 3.8) is 0 Å². The molecule has 0 amide bonds. The van der Waals surface area contributed by atoms with Crippen LogP contribution in [0.15, 0.2) is 18.2 Å². The van der Waals surface area contributed by atoms with Gasteiger partial charge in [0.2, 0.25) is 0 Å². The lowest BCUT2D eigenvalue weighted by Gasteiger charge is -2.16. The van der Waals surface area contributed by atoms with Gasteiger partial charge in [-0.2, -0.15) is 0 Å². The molecule has 18 heavy (non-hydrogen) atoms. The predicted molar refractivity (Wildman–Crippen MR) is 70.8 cm³/mol. The van der Waals surface area contributed by atoms with Crippen molar-refractivity contribution in [2.24, 2.45) is 5.73 Å². The summed E-state index contributed by atoms with van der Waals surface area (Å²) in [7, 11) is 0.106. The minimum atomic E-state index is -3.01. The number of rotatable bonds is 6. The van der Waals surface area contributed by atoms with Gasteiger partial charge in [-0.1, -0.05) is 6.07 Å². The maximum absolute atomic E-state index is 11.1. The normalized spacial score (nSPS) is 13.1. The molecular weight excluding hydrogens is 254 g/mol. The van der Waals surface area contributed by atoms with Crippen LogP contribution in [0.25, 0.3) is 0 Å². The Morgan fingerprint density at radius 2 is 1.94 bits per heavy atom. The third-order valence-corrected chi connectivity index (χ3v) is 3.62. The Balaban J connectivity index is 2.88. The number of nitrogens with two attached hydrogens (primary N) is 1. The lowest BCUT2D eigenvalue weighted by Crippen LogP contribution is -2.16. The van der Waals surface area contributed by atoms with Crippen LogP contribution in [-0.2, 0) is 9.84 Å². The summed E-state index contributed by atoms with van der Waals surface area (Å²) in [6, 6.07) is 4.93. The highest BCUT2D eigenvalue weighted by atomic mass is 32.2. The Morgan fingerprint density at radius 1 is 1.28 bits per heavy atom. The molecule has 1 aromatic carbocycles. The molecule has 1 aromatic rings. The molecule has 1 atom stereocenters. The van der Waals surface area contributed by atoms with E-state index < -0.39 is 9.84 Å². The predicted octanol–water partition coefficient (Wildman–Crippen LogP) is 1.14. The molecule has 0 fully saturated rings. The molecule has 0 saturated carbocycles. The quantitative estimate of drug-likeness (QED) is 0.840. The Labute approximate surface area is 108 Å². The maximum Gasteiger partial charge on any atom is 0.147 e. The van der Waals surface area contributed by atoms with Gasteiger partial charge in [-0.25, -0.2) is 8.42 Å². The molecule has 102 valence electrons. The molecule has 6 heteroatoms. The van der Waals surface area contributed by atoms with Gasteiger partial charge >= 0.3 is 0 Å². The average molecular weight is 273 g/mol. The molecule has 1 rings (SSSR count). The van der Waals surface area contributed by atoms with Crippen molar-refractivity contribution in [2.45, 2.75) is 12.5 Å². The Bertz CT molecular complexity index is 499. The molecule has 0 spiro atoms. The van der Waals surface area contributed by atoms with Gasteiger partial charge in [0.05, 0.1) is 20.0 Å². The largest absolute Gasteiger partial charge is 0.497 e. The Morgan fingerprint density at radius 3 is 2.44 bits per heavy atom. The van der Waals surface area contributed by atoms with Crippen molar-refractivity contribution >= 4 is 9.84 Å². The number of hydrogen-bond donors (Lipinski definition) is 1. The zero-order valence-electron chi connectivity index (χ0n) is 10.8. The van der Waals surface area contributed by atoms with Crippen LogP contribution in [0.3, 0.4) is 0 Å². The van der Waals surface area contributed by atoms with E-state index in [0.29, 0.717) is 17.9 Å². The van der Waals surface area contributed by atoms with Crippen LogP contribution >= 0.6 is 0 Å². The lowest BCUT2D eigenvalue weighted by atomic mass is 10.0. The molecule has 0 aliphatic rings. The van der Waals surface area contributed by atoms with E-state index in [-0.39, 0.29) is 11.8 Å². The third kappa shape index (κ3) is 4.19. The van der Waals surface area contributed by atoms with E-state index in [9.17, 15) is 8.42 Å². The highest BCUT2D eigenvalue weighted by Crippen LogP contribution is 2.29. The van der Waals surface area contributed by atoms with Crippen LogP contribution in [-0.4, -0.2) is 34.6 Å². The molecule has 0 heterocycles. The van der Waals surface area contributed by atoms with Gasteiger partial charge in [-0.15, -0.1) is 0 Å². The van der Waals surface area contributed by atoms with Crippen LogP contribution in [0.1, 0.15) is 18.0 Å². The van der Waals surface area contributed by atoms with Crippen LogP contribution in [0.4, 0.5) is 0 Å². The number of ether oxygens (including phenoxy) is 2. The summed E-state index contributed by atoms with van der Waals surface area (Å²) < 4.78 is 32.6. The molecule has 0 aliphatic heterocycles. The van der Waals surface area contributed by atoms with Crippen molar-refractivity contribution in [3.8, 4) is 11.5 Å². The Hall–Kier alpha value is -1.27. The van der Waals surface area contributed by atoms with Crippen LogP contribution in [0.2, 0.25) is 0 Å². The molecule has 1 unspecified atom stereocenters. The topological polar surface area (TPSA) is 78.6 Å². The first-order chi connectivity index (χ1) is 8.37. The average Bonchev–Trinajstić information content (AvgIpc) is 2.34. The number of hydrogen-bond acceptors (Lipinski definition) is 5. The van der Waals surface area contributed by atoms with Crippen LogP contribution in [0, 0.1) is 0 Å². The fourth-order valence-corrected chi connectivity index (χ4v) is 2.30. The smallest absolute Gasteiger partial charge is 0.147 e. The second-order valence-electron chi connectivity index (χ2n) is 4.13. The highest BCUT2D eigenvalue weighted by Gasteiger charge is 2.15. The zero-order valence-corrected chi connectivity index (χ0v) is 11.7. The van der Waals surface area contributed by atoms with E-state index in [1.54, 1.807) is 32.4 Å². The van der Waals surface area contributed by atoms with Crippen molar-refractivity contribution in [1.29, 1.82) is 0 Å². The van der Waals surface area contributed by atoms with E-state index in [1.807, 2.05) is 0 Å².